The summed E-state index contributed by atoms with van der Waals surface area (Å²) in [6.07, 6.45) is 5.90. The van der Waals surface area contributed by atoms with Gasteiger partial charge in [0.05, 0.1) is 14.2 Å². The van der Waals surface area contributed by atoms with Crippen LogP contribution < -0.4 is 9.47 Å². The van der Waals surface area contributed by atoms with E-state index in [9.17, 15) is 0 Å². The van der Waals surface area contributed by atoms with Crippen molar-refractivity contribution in [2.75, 3.05) is 27.8 Å². The highest BCUT2D eigenvalue weighted by Gasteiger charge is 2.36. The molecule has 1 atom stereocenters. The van der Waals surface area contributed by atoms with E-state index in [0.717, 1.165) is 30.9 Å². The van der Waals surface area contributed by atoms with Crippen molar-refractivity contribution in [3.8, 4) is 22.6 Å². The molecule has 2 aliphatic rings. The van der Waals surface area contributed by atoms with Crippen molar-refractivity contribution in [2.45, 2.75) is 18.9 Å². The molecular weight excluding hydrogens is 276 g/mol. The summed E-state index contributed by atoms with van der Waals surface area (Å²) in [6.45, 7) is 1.07. The Morgan fingerprint density at radius 1 is 1.23 bits per heavy atom. The highest BCUT2D eigenvalue weighted by molar-refractivity contribution is 5.83. The predicted octanol–water partition coefficient (Wildman–Crippen LogP) is 2.85. The fraction of sp³-hybridized carbons (Fsp3) is 0.389. The summed E-state index contributed by atoms with van der Waals surface area (Å²) in [7, 11) is 5.63. The average molecular weight is 296 g/mol. The molecular formula is C18H20N2O2. The van der Waals surface area contributed by atoms with Crippen LogP contribution in [0.3, 0.4) is 0 Å². The summed E-state index contributed by atoms with van der Waals surface area (Å²) in [5, 5.41) is 0. The van der Waals surface area contributed by atoms with Gasteiger partial charge in [-0.2, -0.15) is 0 Å². The number of methoxy groups -OCH3 is 2. The Morgan fingerprint density at radius 2 is 2.09 bits per heavy atom. The summed E-state index contributed by atoms with van der Waals surface area (Å²) in [5.41, 5.74) is 6.50. The van der Waals surface area contributed by atoms with Crippen LogP contribution >= 0.6 is 0 Å². The Morgan fingerprint density at radius 3 is 2.86 bits per heavy atom. The lowest BCUT2D eigenvalue weighted by atomic mass is 9.77. The zero-order valence-corrected chi connectivity index (χ0v) is 13.2. The van der Waals surface area contributed by atoms with Gasteiger partial charge in [0.25, 0.3) is 0 Å². The highest BCUT2D eigenvalue weighted by Crippen LogP contribution is 2.51. The van der Waals surface area contributed by atoms with E-state index in [2.05, 4.69) is 29.1 Å². The highest BCUT2D eigenvalue weighted by atomic mass is 16.5. The zero-order chi connectivity index (χ0) is 15.3. The number of hydrogen-bond donors (Lipinski definition) is 0. The van der Waals surface area contributed by atoms with Crippen LogP contribution in [0.4, 0.5) is 0 Å². The number of hydrogen-bond acceptors (Lipinski definition) is 4. The van der Waals surface area contributed by atoms with Gasteiger partial charge in [-0.05, 0) is 54.3 Å². The van der Waals surface area contributed by atoms with E-state index in [0.29, 0.717) is 6.04 Å². The van der Waals surface area contributed by atoms with Crippen molar-refractivity contribution >= 4 is 0 Å². The van der Waals surface area contributed by atoms with E-state index < -0.39 is 0 Å². The normalized spacial score (nSPS) is 19.3. The molecule has 1 aliphatic heterocycles. The molecule has 0 spiro atoms. The first kappa shape index (κ1) is 13.6. The lowest BCUT2D eigenvalue weighted by Crippen LogP contribution is -2.35. The second-order valence-corrected chi connectivity index (χ2v) is 6.04. The number of benzene rings is 1. The van der Waals surface area contributed by atoms with Crippen LogP contribution in [-0.4, -0.2) is 37.7 Å². The van der Waals surface area contributed by atoms with Crippen LogP contribution in [-0.2, 0) is 12.8 Å². The van der Waals surface area contributed by atoms with Gasteiger partial charge >= 0.3 is 0 Å². The Labute approximate surface area is 130 Å². The van der Waals surface area contributed by atoms with Crippen LogP contribution in [0, 0.1) is 0 Å². The minimum atomic E-state index is 0.398. The standard InChI is InChI=1S/C18H20N2O2/c1-20-7-5-11-9-15(21-2)18(22-3)17-13-4-6-19-10-12(13)8-14(20)16(11)17/h4,6,9-10,14H,5,7-8H2,1-3H3. The van der Waals surface area contributed by atoms with Gasteiger partial charge in [-0.15, -0.1) is 0 Å². The Balaban J connectivity index is 2.09. The minimum Gasteiger partial charge on any atom is -0.493 e. The number of pyridine rings is 1. The van der Waals surface area contributed by atoms with Crippen LogP contribution in [0.2, 0.25) is 0 Å². The van der Waals surface area contributed by atoms with Gasteiger partial charge < -0.3 is 9.47 Å². The van der Waals surface area contributed by atoms with E-state index in [1.807, 2.05) is 12.4 Å². The van der Waals surface area contributed by atoms with E-state index >= 15 is 0 Å². The summed E-state index contributed by atoms with van der Waals surface area (Å²) >= 11 is 0. The van der Waals surface area contributed by atoms with E-state index in [1.54, 1.807) is 14.2 Å². The van der Waals surface area contributed by atoms with Gasteiger partial charge in [0.15, 0.2) is 11.5 Å². The first-order valence-corrected chi connectivity index (χ1v) is 7.65. The van der Waals surface area contributed by atoms with Gasteiger partial charge in [-0.1, -0.05) is 0 Å². The lowest BCUT2D eigenvalue weighted by molar-refractivity contribution is 0.226. The molecule has 0 bridgehead atoms. The van der Waals surface area contributed by atoms with Gasteiger partial charge in [0.1, 0.15) is 0 Å². The molecule has 1 aliphatic carbocycles. The second kappa shape index (κ2) is 4.99. The Bertz CT molecular complexity index is 742. The maximum atomic E-state index is 5.73. The average Bonchev–Trinajstić information content (AvgIpc) is 2.57. The van der Waals surface area contributed by atoms with E-state index in [-0.39, 0.29) is 0 Å². The Hall–Kier alpha value is -2.07. The molecule has 1 aromatic heterocycles. The topological polar surface area (TPSA) is 34.6 Å². The van der Waals surface area contributed by atoms with Crippen molar-refractivity contribution in [3.63, 3.8) is 0 Å². The molecule has 0 amide bonds. The van der Waals surface area contributed by atoms with Crippen molar-refractivity contribution in [3.05, 3.63) is 41.2 Å². The Kier molecular flexibility index (Phi) is 3.08. The van der Waals surface area contributed by atoms with Gasteiger partial charge in [0.2, 0.25) is 0 Å². The molecule has 4 heteroatoms. The summed E-state index contributed by atoms with van der Waals surface area (Å²) in [5.74, 6) is 1.66. The molecule has 0 saturated heterocycles. The monoisotopic (exact) mass is 296 g/mol. The third-order valence-corrected chi connectivity index (χ3v) is 4.98. The third kappa shape index (κ3) is 1.77. The first-order chi connectivity index (χ1) is 10.7. The molecule has 4 nitrogen and oxygen atoms in total. The quantitative estimate of drug-likeness (QED) is 0.853. The molecule has 114 valence electrons. The third-order valence-electron chi connectivity index (χ3n) is 4.98. The molecule has 4 rings (SSSR count). The fourth-order valence-corrected chi connectivity index (χ4v) is 3.89. The molecule has 0 fully saturated rings. The first-order valence-electron chi connectivity index (χ1n) is 7.65. The molecule has 22 heavy (non-hydrogen) atoms. The van der Waals surface area contributed by atoms with Crippen molar-refractivity contribution in [1.29, 1.82) is 0 Å². The zero-order valence-electron chi connectivity index (χ0n) is 13.2. The summed E-state index contributed by atoms with van der Waals surface area (Å²) in [4.78, 5) is 6.75. The smallest absolute Gasteiger partial charge is 0.168 e. The lowest BCUT2D eigenvalue weighted by Gasteiger charge is -2.40. The summed E-state index contributed by atoms with van der Waals surface area (Å²) < 4.78 is 11.3. The predicted molar refractivity (Wildman–Crippen MR) is 85.6 cm³/mol. The number of aromatic nitrogens is 1. The fourth-order valence-electron chi connectivity index (χ4n) is 3.89. The van der Waals surface area contributed by atoms with Crippen molar-refractivity contribution in [1.82, 2.24) is 9.88 Å². The number of nitrogens with zero attached hydrogens (tertiary/aromatic N) is 2. The number of fused-ring (bicyclic) bond motifs is 2. The van der Waals surface area contributed by atoms with Gasteiger partial charge in [-0.3, -0.25) is 9.88 Å². The molecule has 1 aromatic carbocycles. The molecule has 0 N–H and O–H groups in total. The number of ether oxygens (including phenoxy) is 2. The van der Waals surface area contributed by atoms with Crippen molar-refractivity contribution in [2.24, 2.45) is 0 Å². The SMILES string of the molecule is COc1cc2c3c(c1OC)-c1ccncc1CC3N(C)CC2. The largest absolute Gasteiger partial charge is 0.493 e. The number of likely N-dealkylation sites (N-methyl/N-ethyl adjacent to an activating group) is 1. The van der Waals surface area contributed by atoms with E-state index in [1.165, 1.54) is 27.8 Å². The van der Waals surface area contributed by atoms with Crippen molar-refractivity contribution < 1.29 is 9.47 Å². The summed E-state index contributed by atoms with van der Waals surface area (Å²) in [6, 6.07) is 4.65. The van der Waals surface area contributed by atoms with Gasteiger partial charge in [-0.25, -0.2) is 0 Å². The molecule has 1 unspecified atom stereocenters. The maximum Gasteiger partial charge on any atom is 0.168 e. The molecule has 2 aromatic rings. The minimum absolute atomic E-state index is 0.398. The van der Waals surface area contributed by atoms with Crippen LogP contribution in [0.15, 0.2) is 24.5 Å². The van der Waals surface area contributed by atoms with Gasteiger partial charge in [0, 0.05) is 30.5 Å². The molecule has 2 heterocycles. The molecule has 0 radical (unpaired) electrons. The van der Waals surface area contributed by atoms with Crippen LogP contribution in [0.5, 0.6) is 11.5 Å². The second-order valence-electron chi connectivity index (χ2n) is 6.04. The number of rotatable bonds is 2. The van der Waals surface area contributed by atoms with Crippen LogP contribution in [0.25, 0.3) is 11.1 Å². The maximum absolute atomic E-state index is 5.73. The van der Waals surface area contributed by atoms with E-state index in [4.69, 9.17) is 9.47 Å². The van der Waals surface area contributed by atoms with Crippen LogP contribution in [0.1, 0.15) is 22.7 Å². The molecule has 0 saturated carbocycles.